The Labute approximate surface area is 85.3 Å². The van der Waals surface area contributed by atoms with E-state index >= 15 is 0 Å². The second kappa shape index (κ2) is 4.01. The molecule has 0 aromatic heterocycles. The van der Waals surface area contributed by atoms with Gasteiger partial charge in [-0.05, 0) is 49.6 Å². The normalized spacial score (nSPS) is 20.3. The van der Waals surface area contributed by atoms with E-state index in [0.29, 0.717) is 6.04 Å². The van der Waals surface area contributed by atoms with Crippen molar-refractivity contribution in [1.82, 2.24) is 5.32 Å². The van der Waals surface area contributed by atoms with Gasteiger partial charge in [-0.2, -0.15) is 0 Å². The van der Waals surface area contributed by atoms with Crippen LogP contribution in [0, 0.1) is 0 Å². The van der Waals surface area contributed by atoms with Gasteiger partial charge in [0, 0.05) is 6.04 Å². The number of hydrogen-bond acceptors (Lipinski definition) is 2. The maximum absolute atomic E-state index is 5.23. The SMILES string of the molecule is CN[C@H]1CCc2ccc(OC)cc2C1. The second-order valence-electron chi connectivity index (χ2n) is 3.86. The summed E-state index contributed by atoms with van der Waals surface area (Å²) in [7, 11) is 3.76. The smallest absolute Gasteiger partial charge is 0.119 e. The highest BCUT2D eigenvalue weighted by molar-refractivity contribution is 5.37. The number of benzene rings is 1. The minimum atomic E-state index is 0.634. The Balaban J connectivity index is 2.25. The third-order valence-corrected chi connectivity index (χ3v) is 3.05. The highest BCUT2D eigenvalue weighted by Crippen LogP contribution is 2.25. The predicted molar refractivity (Wildman–Crippen MR) is 57.9 cm³/mol. The molecule has 14 heavy (non-hydrogen) atoms. The summed E-state index contributed by atoms with van der Waals surface area (Å²) in [6.07, 6.45) is 3.56. The zero-order chi connectivity index (χ0) is 9.97. The quantitative estimate of drug-likeness (QED) is 0.769. The van der Waals surface area contributed by atoms with E-state index in [9.17, 15) is 0 Å². The van der Waals surface area contributed by atoms with Gasteiger partial charge in [-0.25, -0.2) is 0 Å². The molecular weight excluding hydrogens is 174 g/mol. The van der Waals surface area contributed by atoms with Crippen molar-refractivity contribution in [2.45, 2.75) is 25.3 Å². The van der Waals surface area contributed by atoms with Gasteiger partial charge in [-0.3, -0.25) is 0 Å². The molecule has 1 aliphatic carbocycles. The molecule has 0 fully saturated rings. The van der Waals surface area contributed by atoms with Crippen LogP contribution in [-0.2, 0) is 12.8 Å². The molecule has 0 aliphatic heterocycles. The first-order chi connectivity index (χ1) is 6.83. The number of fused-ring (bicyclic) bond motifs is 1. The number of methoxy groups -OCH3 is 1. The molecule has 76 valence electrons. The maximum Gasteiger partial charge on any atom is 0.119 e. The van der Waals surface area contributed by atoms with Gasteiger partial charge < -0.3 is 10.1 Å². The minimum Gasteiger partial charge on any atom is -0.497 e. The fourth-order valence-electron chi connectivity index (χ4n) is 2.11. The summed E-state index contributed by atoms with van der Waals surface area (Å²) in [5.74, 6) is 0.973. The first-order valence-electron chi connectivity index (χ1n) is 5.16. The molecule has 1 aliphatic rings. The van der Waals surface area contributed by atoms with E-state index in [1.165, 1.54) is 24.0 Å². The number of rotatable bonds is 2. The summed E-state index contributed by atoms with van der Waals surface area (Å²) in [6, 6.07) is 7.05. The van der Waals surface area contributed by atoms with Gasteiger partial charge in [-0.1, -0.05) is 6.07 Å². The van der Waals surface area contributed by atoms with Crippen LogP contribution in [0.15, 0.2) is 18.2 Å². The van der Waals surface area contributed by atoms with E-state index in [0.717, 1.165) is 12.2 Å². The van der Waals surface area contributed by atoms with Crippen molar-refractivity contribution in [1.29, 1.82) is 0 Å². The lowest BCUT2D eigenvalue weighted by molar-refractivity contribution is 0.412. The number of ether oxygens (including phenoxy) is 1. The Morgan fingerprint density at radius 2 is 2.21 bits per heavy atom. The zero-order valence-electron chi connectivity index (χ0n) is 8.84. The fraction of sp³-hybridized carbons (Fsp3) is 0.500. The Morgan fingerprint density at radius 1 is 1.36 bits per heavy atom. The lowest BCUT2D eigenvalue weighted by Crippen LogP contribution is -2.31. The van der Waals surface area contributed by atoms with Crippen LogP contribution in [0.2, 0.25) is 0 Å². The molecule has 1 N–H and O–H groups in total. The van der Waals surface area contributed by atoms with Crippen LogP contribution >= 0.6 is 0 Å². The van der Waals surface area contributed by atoms with Crippen LogP contribution in [0.3, 0.4) is 0 Å². The van der Waals surface area contributed by atoms with Gasteiger partial charge in [-0.15, -0.1) is 0 Å². The van der Waals surface area contributed by atoms with Crippen molar-refractivity contribution in [3.05, 3.63) is 29.3 Å². The summed E-state index contributed by atoms with van der Waals surface area (Å²) in [6.45, 7) is 0. The van der Waals surface area contributed by atoms with Crippen molar-refractivity contribution in [2.24, 2.45) is 0 Å². The summed E-state index contributed by atoms with van der Waals surface area (Å²) in [5.41, 5.74) is 2.92. The lowest BCUT2D eigenvalue weighted by Gasteiger charge is -2.24. The van der Waals surface area contributed by atoms with Gasteiger partial charge in [0.05, 0.1) is 7.11 Å². The van der Waals surface area contributed by atoms with Crippen LogP contribution in [0.1, 0.15) is 17.5 Å². The Kier molecular flexibility index (Phi) is 2.73. The molecule has 2 nitrogen and oxygen atoms in total. The van der Waals surface area contributed by atoms with E-state index in [-0.39, 0.29) is 0 Å². The highest BCUT2D eigenvalue weighted by atomic mass is 16.5. The van der Waals surface area contributed by atoms with Gasteiger partial charge in [0.15, 0.2) is 0 Å². The van der Waals surface area contributed by atoms with Crippen molar-refractivity contribution < 1.29 is 4.74 Å². The summed E-state index contributed by atoms with van der Waals surface area (Å²) < 4.78 is 5.23. The molecule has 0 spiro atoms. The molecule has 1 atom stereocenters. The van der Waals surface area contributed by atoms with Crippen LogP contribution in [0.4, 0.5) is 0 Å². The molecule has 0 saturated carbocycles. The zero-order valence-corrected chi connectivity index (χ0v) is 8.84. The Bertz CT molecular complexity index is 322. The standard InChI is InChI=1S/C12H17NO/c1-13-11-5-3-9-4-6-12(14-2)8-10(9)7-11/h4,6,8,11,13H,3,5,7H2,1-2H3/t11-/m0/s1. The van der Waals surface area contributed by atoms with Crippen molar-refractivity contribution in [3.63, 3.8) is 0 Å². The van der Waals surface area contributed by atoms with Crippen LogP contribution in [0.5, 0.6) is 5.75 Å². The molecule has 0 saturated heterocycles. The molecule has 2 rings (SSSR count). The molecule has 1 aromatic carbocycles. The molecular formula is C12H17NO. The fourth-order valence-corrected chi connectivity index (χ4v) is 2.11. The van der Waals surface area contributed by atoms with Crippen molar-refractivity contribution in [3.8, 4) is 5.75 Å². The topological polar surface area (TPSA) is 21.3 Å². The summed E-state index contributed by atoms with van der Waals surface area (Å²) in [5, 5.41) is 3.34. The van der Waals surface area contributed by atoms with E-state index in [2.05, 4.69) is 23.5 Å². The monoisotopic (exact) mass is 191 g/mol. The third-order valence-electron chi connectivity index (χ3n) is 3.05. The lowest BCUT2D eigenvalue weighted by atomic mass is 9.88. The number of nitrogens with one attached hydrogen (secondary N) is 1. The molecule has 0 unspecified atom stereocenters. The largest absolute Gasteiger partial charge is 0.497 e. The molecule has 0 heterocycles. The highest BCUT2D eigenvalue weighted by Gasteiger charge is 2.17. The average molecular weight is 191 g/mol. The number of aryl methyl sites for hydroxylation is 1. The molecule has 1 aromatic rings. The Hall–Kier alpha value is -1.02. The molecule has 0 amide bonds. The first kappa shape index (κ1) is 9.53. The predicted octanol–water partition coefficient (Wildman–Crippen LogP) is 1.77. The maximum atomic E-state index is 5.23. The van der Waals surface area contributed by atoms with Crippen molar-refractivity contribution >= 4 is 0 Å². The average Bonchev–Trinajstić information content (AvgIpc) is 2.27. The molecule has 0 radical (unpaired) electrons. The van der Waals surface area contributed by atoms with Crippen LogP contribution < -0.4 is 10.1 Å². The van der Waals surface area contributed by atoms with Crippen molar-refractivity contribution in [2.75, 3.05) is 14.2 Å². The summed E-state index contributed by atoms with van der Waals surface area (Å²) >= 11 is 0. The second-order valence-corrected chi connectivity index (χ2v) is 3.86. The molecule has 2 heteroatoms. The van der Waals surface area contributed by atoms with E-state index < -0.39 is 0 Å². The van der Waals surface area contributed by atoms with Gasteiger partial charge >= 0.3 is 0 Å². The minimum absolute atomic E-state index is 0.634. The van der Waals surface area contributed by atoms with Gasteiger partial charge in [0.2, 0.25) is 0 Å². The van der Waals surface area contributed by atoms with Gasteiger partial charge in [0.25, 0.3) is 0 Å². The number of likely N-dealkylation sites (N-methyl/N-ethyl adjacent to an activating group) is 1. The van der Waals surface area contributed by atoms with Gasteiger partial charge in [0.1, 0.15) is 5.75 Å². The Morgan fingerprint density at radius 3 is 2.93 bits per heavy atom. The number of hydrogen-bond donors (Lipinski definition) is 1. The first-order valence-corrected chi connectivity index (χ1v) is 5.16. The van der Waals surface area contributed by atoms with E-state index in [1.54, 1.807) is 7.11 Å². The van der Waals surface area contributed by atoms with Crippen LogP contribution in [-0.4, -0.2) is 20.2 Å². The van der Waals surface area contributed by atoms with Crippen LogP contribution in [0.25, 0.3) is 0 Å². The molecule has 0 bridgehead atoms. The van der Waals surface area contributed by atoms with E-state index in [1.807, 2.05) is 7.05 Å². The summed E-state index contributed by atoms with van der Waals surface area (Å²) in [4.78, 5) is 0. The van der Waals surface area contributed by atoms with E-state index in [4.69, 9.17) is 4.74 Å². The third kappa shape index (κ3) is 1.75.